The molecule has 0 saturated heterocycles. The van der Waals surface area contributed by atoms with Crippen molar-refractivity contribution in [3.8, 4) is 0 Å². The standard InChI is InChI=1S/C11H17N3O/c1-8-4-5-10(7-13-8)11(15)14-6-9(2)12-3/h4-5,7,9,12H,6H2,1-3H3,(H,14,15). The summed E-state index contributed by atoms with van der Waals surface area (Å²) in [5, 5.41) is 5.88. The highest BCUT2D eigenvalue weighted by atomic mass is 16.1. The quantitative estimate of drug-likeness (QED) is 0.765. The second-order valence-corrected chi connectivity index (χ2v) is 3.59. The summed E-state index contributed by atoms with van der Waals surface area (Å²) in [7, 11) is 1.87. The summed E-state index contributed by atoms with van der Waals surface area (Å²) in [5.41, 5.74) is 1.51. The minimum atomic E-state index is -0.0791. The van der Waals surface area contributed by atoms with E-state index in [1.54, 1.807) is 12.3 Å². The number of pyridine rings is 1. The molecule has 15 heavy (non-hydrogen) atoms. The van der Waals surface area contributed by atoms with E-state index in [1.807, 2.05) is 27.0 Å². The molecule has 2 N–H and O–H groups in total. The lowest BCUT2D eigenvalue weighted by Gasteiger charge is -2.11. The van der Waals surface area contributed by atoms with Gasteiger partial charge in [0.15, 0.2) is 0 Å². The SMILES string of the molecule is CNC(C)CNC(=O)c1ccc(C)nc1. The Morgan fingerprint density at radius 2 is 2.27 bits per heavy atom. The molecule has 4 nitrogen and oxygen atoms in total. The van der Waals surface area contributed by atoms with Gasteiger partial charge in [-0.25, -0.2) is 0 Å². The minimum Gasteiger partial charge on any atom is -0.350 e. The Morgan fingerprint density at radius 1 is 1.53 bits per heavy atom. The number of aryl methyl sites for hydroxylation is 1. The first kappa shape index (κ1) is 11.7. The van der Waals surface area contributed by atoms with Gasteiger partial charge < -0.3 is 10.6 Å². The van der Waals surface area contributed by atoms with Crippen LogP contribution in [0.5, 0.6) is 0 Å². The van der Waals surface area contributed by atoms with E-state index in [0.29, 0.717) is 12.1 Å². The lowest BCUT2D eigenvalue weighted by atomic mass is 10.2. The summed E-state index contributed by atoms with van der Waals surface area (Å²) in [5.74, 6) is -0.0791. The van der Waals surface area contributed by atoms with Crippen LogP contribution in [0.1, 0.15) is 23.0 Å². The second kappa shape index (κ2) is 5.46. The van der Waals surface area contributed by atoms with Crippen LogP contribution in [0, 0.1) is 6.92 Å². The maximum absolute atomic E-state index is 11.6. The normalized spacial score (nSPS) is 12.2. The van der Waals surface area contributed by atoms with Gasteiger partial charge in [-0.05, 0) is 33.0 Å². The molecule has 0 bridgehead atoms. The average molecular weight is 207 g/mol. The highest BCUT2D eigenvalue weighted by Gasteiger charge is 2.06. The predicted molar refractivity (Wildman–Crippen MR) is 59.8 cm³/mol. The Bertz CT molecular complexity index is 321. The summed E-state index contributed by atoms with van der Waals surface area (Å²) < 4.78 is 0. The fraction of sp³-hybridized carbons (Fsp3) is 0.455. The van der Waals surface area contributed by atoms with Crippen molar-refractivity contribution < 1.29 is 4.79 Å². The summed E-state index contributed by atoms with van der Waals surface area (Å²) in [4.78, 5) is 15.7. The van der Waals surface area contributed by atoms with Crippen molar-refractivity contribution in [2.45, 2.75) is 19.9 Å². The fourth-order valence-electron chi connectivity index (χ4n) is 1.05. The van der Waals surface area contributed by atoms with E-state index < -0.39 is 0 Å². The molecule has 4 heteroatoms. The monoisotopic (exact) mass is 207 g/mol. The highest BCUT2D eigenvalue weighted by molar-refractivity contribution is 5.93. The van der Waals surface area contributed by atoms with E-state index in [4.69, 9.17) is 0 Å². The Morgan fingerprint density at radius 3 is 2.80 bits per heavy atom. The molecule has 1 amide bonds. The zero-order valence-corrected chi connectivity index (χ0v) is 9.37. The number of likely N-dealkylation sites (N-methyl/N-ethyl adjacent to an activating group) is 1. The Kier molecular flexibility index (Phi) is 4.24. The molecule has 1 heterocycles. The molecule has 1 rings (SSSR count). The van der Waals surface area contributed by atoms with Gasteiger partial charge in [0.1, 0.15) is 0 Å². The highest BCUT2D eigenvalue weighted by Crippen LogP contribution is 1.98. The Balaban J connectivity index is 2.50. The van der Waals surface area contributed by atoms with Gasteiger partial charge >= 0.3 is 0 Å². The smallest absolute Gasteiger partial charge is 0.252 e. The van der Waals surface area contributed by atoms with Crippen molar-refractivity contribution in [3.05, 3.63) is 29.6 Å². The maximum atomic E-state index is 11.6. The molecule has 82 valence electrons. The number of aromatic nitrogens is 1. The van der Waals surface area contributed by atoms with Gasteiger partial charge in [-0.2, -0.15) is 0 Å². The van der Waals surface area contributed by atoms with Crippen molar-refractivity contribution >= 4 is 5.91 Å². The zero-order chi connectivity index (χ0) is 11.3. The van der Waals surface area contributed by atoms with Crippen LogP contribution in [0.3, 0.4) is 0 Å². The first-order valence-corrected chi connectivity index (χ1v) is 5.01. The van der Waals surface area contributed by atoms with E-state index >= 15 is 0 Å². The van der Waals surface area contributed by atoms with E-state index in [2.05, 4.69) is 15.6 Å². The van der Waals surface area contributed by atoms with Gasteiger partial charge in [-0.3, -0.25) is 9.78 Å². The number of hydrogen-bond donors (Lipinski definition) is 2. The van der Waals surface area contributed by atoms with Crippen LogP contribution in [-0.2, 0) is 0 Å². The van der Waals surface area contributed by atoms with Crippen molar-refractivity contribution in [2.75, 3.05) is 13.6 Å². The predicted octanol–water partition coefficient (Wildman–Crippen LogP) is 0.728. The van der Waals surface area contributed by atoms with Gasteiger partial charge in [-0.1, -0.05) is 0 Å². The summed E-state index contributed by atoms with van der Waals surface area (Å²) >= 11 is 0. The molecule has 0 fully saturated rings. The van der Waals surface area contributed by atoms with Crippen LogP contribution in [0.15, 0.2) is 18.3 Å². The number of nitrogens with zero attached hydrogens (tertiary/aromatic N) is 1. The summed E-state index contributed by atoms with van der Waals surface area (Å²) in [6, 6.07) is 3.88. The molecule has 1 unspecified atom stereocenters. The molecule has 0 spiro atoms. The molecule has 0 aliphatic rings. The first-order chi connectivity index (χ1) is 7.13. The van der Waals surface area contributed by atoms with Crippen LogP contribution in [0.4, 0.5) is 0 Å². The van der Waals surface area contributed by atoms with Gasteiger partial charge in [-0.15, -0.1) is 0 Å². The molecule has 0 radical (unpaired) electrons. The lowest BCUT2D eigenvalue weighted by molar-refractivity contribution is 0.0950. The van der Waals surface area contributed by atoms with Crippen molar-refractivity contribution in [3.63, 3.8) is 0 Å². The van der Waals surface area contributed by atoms with Gasteiger partial charge in [0.2, 0.25) is 0 Å². The number of hydrogen-bond acceptors (Lipinski definition) is 3. The fourth-order valence-corrected chi connectivity index (χ4v) is 1.05. The molecule has 1 aromatic rings. The number of rotatable bonds is 4. The van der Waals surface area contributed by atoms with Gasteiger partial charge in [0.25, 0.3) is 5.91 Å². The molecular weight excluding hydrogens is 190 g/mol. The van der Waals surface area contributed by atoms with E-state index in [9.17, 15) is 4.79 Å². The molecule has 1 aromatic heterocycles. The molecule has 0 aliphatic carbocycles. The topological polar surface area (TPSA) is 54.0 Å². The van der Waals surface area contributed by atoms with E-state index in [0.717, 1.165) is 5.69 Å². The van der Waals surface area contributed by atoms with Crippen LogP contribution in [-0.4, -0.2) is 30.5 Å². The third-order valence-corrected chi connectivity index (χ3v) is 2.24. The Hall–Kier alpha value is -1.42. The number of carbonyl (C=O) groups excluding carboxylic acids is 1. The maximum Gasteiger partial charge on any atom is 0.252 e. The third-order valence-electron chi connectivity index (χ3n) is 2.24. The van der Waals surface area contributed by atoms with Crippen molar-refractivity contribution in [2.24, 2.45) is 0 Å². The molecule has 0 saturated carbocycles. The third kappa shape index (κ3) is 3.67. The number of amides is 1. The number of nitrogens with one attached hydrogen (secondary N) is 2. The van der Waals surface area contributed by atoms with Crippen molar-refractivity contribution in [1.82, 2.24) is 15.6 Å². The summed E-state index contributed by atoms with van der Waals surface area (Å²) in [6.07, 6.45) is 1.59. The van der Waals surface area contributed by atoms with Gasteiger partial charge in [0.05, 0.1) is 5.56 Å². The largest absolute Gasteiger partial charge is 0.350 e. The van der Waals surface area contributed by atoms with Crippen molar-refractivity contribution in [1.29, 1.82) is 0 Å². The molecule has 1 atom stereocenters. The molecule has 0 aromatic carbocycles. The van der Waals surface area contributed by atoms with E-state index in [-0.39, 0.29) is 11.9 Å². The average Bonchev–Trinajstić information content (AvgIpc) is 2.26. The second-order valence-electron chi connectivity index (χ2n) is 3.59. The van der Waals surface area contributed by atoms with Crippen LogP contribution >= 0.6 is 0 Å². The van der Waals surface area contributed by atoms with Crippen LogP contribution in [0.25, 0.3) is 0 Å². The van der Waals surface area contributed by atoms with E-state index in [1.165, 1.54) is 0 Å². The lowest BCUT2D eigenvalue weighted by Crippen LogP contribution is -2.37. The molecular formula is C11H17N3O. The first-order valence-electron chi connectivity index (χ1n) is 5.01. The van der Waals surface area contributed by atoms with Crippen LogP contribution < -0.4 is 10.6 Å². The number of carbonyl (C=O) groups is 1. The van der Waals surface area contributed by atoms with Gasteiger partial charge in [0, 0.05) is 24.5 Å². The Labute approximate surface area is 90.1 Å². The summed E-state index contributed by atoms with van der Waals surface area (Å²) in [6.45, 7) is 4.52. The molecule has 0 aliphatic heterocycles. The zero-order valence-electron chi connectivity index (χ0n) is 9.37. The minimum absolute atomic E-state index is 0.0791. The van der Waals surface area contributed by atoms with Crippen LogP contribution in [0.2, 0.25) is 0 Å².